The molecule has 15 heavy (non-hydrogen) atoms. The van der Waals surface area contributed by atoms with Gasteiger partial charge >= 0.3 is 0 Å². The van der Waals surface area contributed by atoms with E-state index in [-0.39, 0.29) is 0 Å². The summed E-state index contributed by atoms with van der Waals surface area (Å²) in [5.41, 5.74) is 0.579. The third-order valence-electron chi connectivity index (χ3n) is 3.80. The predicted octanol–water partition coefficient (Wildman–Crippen LogP) is 3.76. The van der Waals surface area contributed by atoms with Crippen molar-refractivity contribution in [2.24, 2.45) is 11.3 Å². The van der Waals surface area contributed by atoms with Gasteiger partial charge in [-0.2, -0.15) is 0 Å². The molecule has 0 bridgehead atoms. The Morgan fingerprint density at radius 1 is 1.33 bits per heavy atom. The van der Waals surface area contributed by atoms with Crippen molar-refractivity contribution in [2.75, 3.05) is 19.5 Å². The zero-order valence-corrected chi connectivity index (χ0v) is 11.5. The van der Waals surface area contributed by atoms with Gasteiger partial charge < -0.3 is 4.90 Å². The first kappa shape index (κ1) is 13.3. The Hall–Kier alpha value is 0.250. The minimum atomic E-state index is 0.579. The average Bonchev–Trinajstić information content (AvgIpc) is 2.17. The summed E-state index contributed by atoms with van der Waals surface area (Å²) in [5, 5.41) is 0. The molecule has 1 atom stereocenters. The molecule has 1 saturated carbocycles. The quantitative estimate of drug-likeness (QED) is 0.666. The van der Waals surface area contributed by atoms with Crippen molar-refractivity contribution in [3.8, 4) is 0 Å². The van der Waals surface area contributed by atoms with Crippen LogP contribution in [-0.2, 0) is 0 Å². The molecule has 0 heterocycles. The maximum atomic E-state index is 5.85. The Labute approximate surface area is 100 Å². The van der Waals surface area contributed by atoms with Crippen molar-refractivity contribution < 1.29 is 0 Å². The van der Waals surface area contributed by atoms with Crippen LogP contribution >= 0.6 is 11.6 Å². The number of alkyl halides is 1. The van der Waals surface area contributed by atoms with E-state index >= 15 is 0 Å². The highest BCUT2D eigenvalue weighted by Crippen LogP contribution is 2.36. The number of halogens is 1. The van der Waals surface area contributed by atoms with E-state index < -0.39 is 0 Å². The number of rotatable bonds is 4. The molecule has 0 aliphatic heterocycles. The Balaban J connectivity index is 2.33. The van der Waals surface area contributed by atoms with Crippen molar-refractivity contribution in [1.29, 1.82) is 0 Å². The van der Waals surface area contributed by atoms with E-state index in [4.69, 9.17) is 11.6 Å². The highest BCUT2D eigenvalue weighted by Gasteiger charge is 2.28. The molecular formula is C13H26ClN. The van der Waals surface area contributed by atoms with E-state index in [0.29, 0.717) is 11.3 Å². The number of nitrogens with zero attached hydrogens (tertiary/aromatic N) is 1. The molecular weight excluding hydrogens is 206 g/mol. The van der Waals surface area contributed by atoms with Crippen molar-refractivity contribution in [1.82, 2.24) is 4.90 Å². The summed E-state index contributed by atoms with van der Waals surface area (Å²) in [6.07, 6.45) is 5.46. The Bertz CT molecular complexity index is 181. The van der Waals surface area contributed by atoms with Gasteiger partial charge in [0.1, 0.15) is 0 Å². The summed E-state index contributed by atoms with van der Waals surface area (Å²) >= 11 is 5.85. The molecule has 1 nitrogen and oxygen atoms in total. The zero-order chi connectivity index (χ0) is 11.5. The molecule has 0 aromatic carbocycles. The predicted molar refractivity (Wildman–Crippen MR) is 68.6 cm³/mol. The molecule has 0 aromatic heterocycles. The third kappa shape index (κ3) is 4.32. The molecule has 0 aromatic rings. The molecule has 90 valence electrons. The second-order valence-corrected chi connectivity index (χ2v) is 6.40. The van der Waals surface area contributed by atoms with Crippen molar-refractivity contribution in [3.63, 3.8) is 0 Å². The molecule has 0 spiro atoms. The fraction of sp³-hybridized carbons (Fsp3) is 1.00. The number of hydrogen-bond donors (Lipinski definition) is 0. The largest absolute Gasteiger partial charge is 0.303 e. The van der Waals surface area contributed by atoms with Crippen LogP contribution in [0.5, 0.6) is 0 Å². The van der Waals surface area contributed by atoms with Crippen LogP contribution in [0, 0.1) is 11.3 Å². The van der Waals surface area contributed by atoms with Crippen LogP contribution in [0.4, 0.5) is 0 Å². The normalized spacial score (nSPS) is 24.4. The first-order chi connectivity index (χ1) is 6.94. The van der Waals surface area contributed by atoms with Gasteiger partial charge in [-0.3, -0.25) is 0 Å². The lowest BCUT2D eigenvalue weighted by atomic mass is 9.75. The van der Waals surface area contributed by atoms with Crippen molar-refractivity contribution in [2.45, 2.75) is 52.5 Å². The van der Waals surface area contributed by atoms with E-state index in [0.717, 1.165) is 18.5 Å². The molecule has 1 rings (SSSR count). The highest BCUT2D eigenvalue weighted by atomic mass is 35.5. The molecule has 0 N–H and O–H groups in total. The Morgan fingerprint density at radius 2 is 1.87 bits per heavy atom. The van der Waals surface area contributed by atoms with E-state index in [2.05, 4.69) is 32.7 Å². The van der Waals surface area contributed by atoms with Crippen LogP contribution in [0.3, 0.4) is 0 Å². The van der Waals surface area contributed by atoms with Gasteiger partial charge in [0.25, 0.3) is 0 Å². The second-order valence-electron chi connectivity index (χ2n) is 6.09. The Kier molecular flexibility index (Phi) is 4.92. The van der Waals surface area contributed by atoms with Crippen LogP contribution in [0.2, 0.25) is 0 Å². The van der Waals surface area contributed by atoms with Crippen molar-refractivity contribution >= 4 is 11.6 Å². The fourth-order valence-corrected chi connectivity index (χ4v) is 2.61. The molecule has 1 unspecified atom stereocenters. The van der Waals surface area contributed by atoms with Gasteiger partial charge in [-0.15, -0.1) is 11.6 Å². The number of hydrogen-bond acceptors (Lipinski definition) is 1. The highest BCUT2D eigenvalue weighted by molar-refractivity contribution is 6.18. The topological polar surface area (TPSA) is 3.24 Å². The van der Waals surface area contributed by atoms with Crippen LogP contribution in [-0.4, -0.2) is 30.4 Å². The summed E-state index contributed by atoms with van der Waals surface area (Å²) in [5.74, 6) is 1.40. The lowest BCUT2D eigenvalue weighted by molar-refractivity contribution is 0.119. The smallest absolute Gasteiger partial charge is 0.0261 e. The monoisotopic (exact) mass is 231 g/mol. The minimum Gasteiger partial charge on any atom is -0.303 e. The second kappa shape index (κ2) is 5.54. The van der Waals surface area contributed by atoms with Gasteiger partial charge in [0.15, 0.2) is 0 Å². The maximum Gasteiger partial charge on any atom is 0.0261 e. The standard InChI is InChI=1S/C13H26ClN/c1-11(9-14)10-15(4)12-5-7-13(2,3)8-6-12/h11-12H,5-10H2,1-4H3. The van der Waals surface area contributed by atoms with Crippen LogP contribution in [0.25, 0.3) is 0 Å². The third-order valence-corrected chi connectivity index (χ3v) is 4.32. The van der Waals surface area contributed by atoms with Gasteiger partial charge in [0.05, 0.1) is 0 Å². The van der Waals surface area contributed by atoms with Gasteiger partial charge in [-0.1, -0.05) is 20.8 Å². The lowest BCUT2D eigenvalue weighted by Gasteiger charge is -2.39. The molecule has 2 heteroatoms. The van der Waals surface area contributed by atoms with Gasteiger partial charge in [0.2, 0.25) is 0 Å². The van der Waals surface area contributed by atoms with Crippen LogP contribution in [0.1, 0.15) is 46.5 Å². The van der Waals surface area contributed by atoms with E-state index in [9.17, 15) is 0 Å². The SMILES string of the molecule is CC(CCl)CN(C)C1CCC(C)(C)CC1. The summed E-state index contributed by atoms with van der Waals surface area (Å²) in [6.45, 7) is 8.17. The molecule has 1 aliphatic carbocycles. The summed E-state index contributed by atoms with van der Waals surface area (Å²) < 4.78 is 0. The molecule has 0 amide bonds. The molecule has 1 aliphatic rings. The van der Waals surface area contributed by atoms with E-state index in [1.807, 2.05) is 0 Å². The molecule has 1 fully saturated rings. The summed E-state index contributed by atoms with van der Waals surface area (Å²) in [6, 6.07) is 0.795. The maximum absolute atomic E-state index is 5.85. The van der Waals surface area contributed by atoms with E-state index in [1.165, 1.54) is 25.7 Å². The zero-order valence-electron chi connectivity index (χ0n) is 10.7. The van der Waals surface area contributed by atoms with Crippen molar-refractivity contribution in [3.05, 3.63) is 0 Å². The van der Waals surface area contributed by atoms with Crippen LogP contribution in [0.15, 0.2) is 0 Å². The molecule has 0 radical (unpaired) electrons. The summed E-state index contributed by atoms with van der Waals surface area (Å²) in [4.78, 5) is 2.52. The summed E-state index contributed by atoms with van der Waals surface area (Å²) in [7, 11) is 2.26. The van der Waals surface area contributed by atoms with Gasteiger partial charge in [-0.05, 0) is 44.1 Å². The Morgan fingerprint density at radius 3 is 2.33 bits per heavy atom. The molecule has 0 saturated heterocycles. The van der Waals surface area contributed by atoms with Gasteiger partial charge in [-0.25, -0.2) is 0 Å². The minimum absolute atomic E-state index is 0.579. The first-order valence-electron chi connectivity index (χ1n) is 6.21. The van der Waals surface area contributed by atoms with Crippen LogP contribution < -0.4 is 0 Å². The lowest BCUT2D eigenvalue weighted by Crippen LogP contribution is -2.39. The fourth-order valence-electron chi connectivity index (χ4n) is 2.51. The van der Waals surface area contributed by atoms with Gasteiger partial charge in [0, 0.05) is 18.5 Å². The first-order valence-corrected chi connectivity index (χ1v) is 6.74. The average molecular weight is 232 g/mol. The van der Waals surface area contributed by atoms with E-state index in [1.54, 1.807) is 0 Å².